The predicted octanol–water partition coefficient (Wildman–Crippen LogP) is 4.72. The highest BCUT2D eigenvalue weighted by molar-refractivity contribution is 5.50. The molecule has 0 atom stereocenters. The van der Waals surface area contributed by atoms with Crippen molar-refractivity contribution in [2.45, 2.75) is 72.1 Å². The van der Waals surface area contributed by atoms with Crippen molar-refractivity contribution in [1.82, 2.24) is 0 Å². The Balaban J connectivity index is 0.00000254. The number of aliphatic imine (C=N–C) groups is 1. The molecule has 0 bridgehead atoms. The number of nitrogens with zero attached hydrogens (tertiary/aromatic N) is 1. The van der Waals surface area contributed by atoms with Crippen LogP contribution in [0.4, 0.5) is 0 Å². The van der Waals surface area contributed by atoms with Crippen LogP contribution in [0.25, 0.3) is 0 Å². The molecule has 0 spiro atoms. The molecule has 0 fully saturated rings. The molecule has 0 amide bonds. The molecule has 0 aliphatic heterocycles. The third-order valence-electron chi connectivity index (χ3n) is 4.57. The molecule has 4 N–H and O–H groups in total. The Bertz CT molecular complexity index is 434. The van der Waals surface area contributed by atoms with Crippen molar-refractivity contribution in [2.24, 2.45) is 21.9 Å². The van der Waals surface area contributed by atoms with Gasteiger partial charge in [-0.3, -0.25) is 4.99 Å². The van der Waals surface area contributed by atoms with Gasteiger partial charge < -0.3 is 11.5 Å². The minimum absolute atomic E-state index is 0.509. The highest BCUT2D eigenvalue weighted by Gasteiger charge is 2.21. The Morgan fingerprint density at radius 3 is 2.12 bits per heavy atom. The summed E-state index contributed by atoms with van der Waals surface area (Å²) in [4.78, 5) is 4.07. The fraction of sp³-hybridized carbons (Fsp3) is 0.667. The van der Waals surface area contributed by atoms with Crippen LogP contribution in [0.1, 0.15) is 70.4 Å². The molecule has 0 saturated carbocycles. The number of hydrogen-bond donors (Lipinski definition) is 2. The molecule has 1 rings (SSSR count). The smallest absolute Gasteiger partial charge is 0.0797 e. The van der Waals surface area contributed by atoms with Gasteiger partial charge in [-0.1, -0.05) is 57.9 Å². The molecule has 0 radical (unpaired) electrons. The number of aryl methyl sites for hydroxylation is 2. The summed E-state index contributed by atoms with van der Waals surface area (Å²) in [5, 5.41) is 0. The highest BCUT2D eigenvalue weighted by Crippen LogP contribution is 2.34. The second-order valence-electron chi connectivity index (χ2n) is 6.79. The zero-order chi connectivity index (χ0) is 18.3. The Hall–Kier alpha value is -1.35. The molecule has 3 heteroatoms. The topological polar surface area (TPSA) is 64.4 Å². The first-order valence-corrected chi connectivity index (χ1v) is 9.49. The SMILES string of the molecule is CCCC(C)(CCC)CCc1cccc(CCCN=CN)c1.CN. The van der Waals surface area contributed by atoms with Crippen LogP contribution in [-0.2, 0) is 12.8 Å². The Morgan fingerprint density at radius 1 is 1.00 bits per heavy atom. The van der Waals surface area contributed by atoms with Crippen LogP contribution in [0.5, 0.6) is 0 Å². The molecule has 0 unspecified atom stereocenters. The Morgan fingerprint density at radius 2 is 1.58 bits per heavy atom. The fourth-order valence-corrected chi connectivity index (χ4v) is 3.42. The molecular formula is C21H39N3. The largest absolute Gasteiger partial charge is 0.390 e. The van der Waals surface area contributed by atoms with Gasteiger partial charge in [0.2, 0.25) is 0 Å². The van der Waals surface area contributed by atoms with E-state index in [4.69, 9.17) is 5.73 Å². The highest BCUT2D eigenvalue weighted by atomic mass is 14.8. The van der Waals surface area contributed by atoms with Crippen LogP contribution < -0.4 is 11.5 Å². The van der Waals surface area contributed by atoms with Gasteiger partial charge >= 0.3 is 0 Å². The van der Waals surface area contributed by atoms with E-state index in [1.807, 2.05) is 0 Å². The number of nitrogens with two attached hydrogens (primary N) is 2. The summed E-state index contributed by atoms with van der Waals surface area (Å²) in [5.41, 5.74) is 13.2. The molecule has 1 aromatic carbocycles. The number of hydrogen-bond acceptors (Lipinski definition) is 2. The summed E-state index contributed by atoms with van der Waals surface area (Å²) in [6.45, 7) is 7.90. The second kappa shape index (κ2) is 14.0. The van der Waals surface area contributed by atoms with Crippen LogP contribution in [0, 0.1) is 5.41 Å². The van der Waals surface area contributed by atoms with Crippen molar-refractivity contribution in [3.63, 3.8) is 0 Å². The molecule has 138 valence electrons. The summed E-state index contributed by atoms with van der Waals surface area (Å²) in [6, 6.07) is 9.09. The van der Waals surface area contributed by atoms with Crippen molar-refractivity contribution in [3.8, 4) is 0 Å². The van der Waals surface area contributed by atoms with Gasteiger partial charge in [0.15, 0.2) is 0 Å². The maximum absolute atomic E-state index is 5.27. The average molecular weight is 334 g/mol. The van der Waals surface area contributed by atoms with Crippen molar-refractivity contribution in [3.05, 3.63) is 35.4 Å². The molecule has 24 heavy (non-hydrogen) atoms. The molecule has 0 heterocycles. The van der Waals surface area contributed by atoms with Crippen LogP contribution in [-0.4, -0.2) is 19.9 Å². The fourth-order valence-electron chi connectivity index (χ4n) is 3.42. The summed E-state index contributed by atoms with van der Waals surface area (Å²) in [5.74, 6) is 0. The van der Waals surface area contributed by atoms with Crippen molar-refractivity contribution in [2.75, 3.05) is 13.6 Å². The number of benzene rings is 1. The van der Waals surface area contributed by atoms with E-state index in [9.17, 15) is 0 Å². The van der Waals surface area contributed by atoms with E-state index in [2.05, 4.69) is 55.8 Å². The van der Waals surface area contributed by atoms with E-state index in [1.54, 1.807) is 0 Å². The Labute approximate surface area is 149 Å². The maximum Gasteiger partial charge on any atom is 0.0797 e. The van der Waals surface area contributed by atoms with E-state index in [-0.39, 0.29) is 0 Å². The van der Waals surface area contributed by atoms with Crippen LogP contribution in [0.3, 0.4) is 0 Å². The second-order valence-corrected chi connectivity index (χ2v) is 6.79. The third-order valence-corrected chi connectivity index (χ3v) is 4.57. The van der Waals surface area contributed by atoms with Crippen LogP contribution in [0.15, 0.2) is 29.3 Å². The zero-order valence-electron chi connectivity index (χ0n) is 16.4. The van der Waals surface area contributed by atoms with Gasteiger partial charge in [-0.15, -0.1) is 0 Å². The van der Waals surface area contributed by atoms with E-state index in [0.717, 1.165) is 19.4 Å². The summed E-state index contributed by atoms with van der Waals surface area (Å²) in [6.07, 6.45) is 11.3. The maximum atomic E-state index is 5.27. The first-order valence-electron chi connectivity index (χ1n) is 9.49. The lowest BCUT2D eigenvalue weighted by Crippen LogP contribution is -2.17. The van der Waals surface area contributed by atoms with Crippen LogP contribution in [0.2, 0.25) is 0 Å². The van der Waals surface area contributed by atoms with Crippen molar-refractivity contribution >= 4 is 6.34 Å². The lowest BCUT2D eigenvalue weighted by atomic mass is 9.77. The molecule has 0 aromatic heterocycles. The minimum Gasteiger partial charge on any atom is -0.390 e. The Kier molecular flexibility index (Phi) is 13.2. The van der Waals surface area contributed by atoms with E-state index in [1.165, 1.54) is 63.0 Å². The van der Waals surface area contributed by atoms with Gasteiger partial charge in [-0.2, -0.15) is 0 Å². The quantitative estimate of drug-likeness (QED) is 0.349. The molecule has 0 aliphatic carbocycles. The van der Waals surface area contributed by atoms with Gasteiger partial charge in [0.25, 0.3) is 0 Å². The first-order chi connectivity index (χ1) is 11.6. The average Bonchev–Trinajstić information content (AvgIpc) is 2.60. The zero-order valence-corrected chi connectivity index (χ0v) is 16.4. The van der Waals surface area contributed by atoms with E-state index < -0.39 is 0 Å². The lowest BCUT2D eigenvalue weighted by molar-refractivity contribution is 0.244. The molecule has 1 aromatic rings. The summed E-state index contributed by atoms with van der Waals surface area (Å²) >= 11 is 0. The van der Waals surface area contributed by atoms with Crippen molar-refractivity contribution in [1.29, 1.82) is 0 Å². The van der Waals surface area contributed by atoms with Crippen molar-refractivity contribution < 1.29 is 0 Å². The van der Waals surface area contributed by atoms with E-state index >= 15 is 0 Å². The number of rotatable bonds is 11. The molecule has 3 nitrogen and oxygen atoms in total. The van der Waals surface area contributed by atoms with Gasteiger partial charge in [0.05, 0.1) is 6.34 Å². The molecule has 0 aliphatic rings. The first kappa shape index (κ1) is 22.6. The lowest BCUT2D eigenvalue weighted by Gasteiger charge is -2.29. The van der Waals surface area contributed by atoms with Gasteiger partial charge in [-0.25, -0.2) is 0 Å². The third kappa shape index (κ3) is 9.71. The normalized spacial score (nSPS) is 11.4. The van der Waals surface area contributed by atoms with Gasteiger partial charge in [0, 0.05) is 6.54 Å². The molecular weight excluding hydrogens is 294 g/mol. The van der Waals surface area contributed by atoms with Gasteiger partial charge in [-0.05, 0) is 62.1 Å². The van der Waals surface area contributed by atoms with Crippen LogP contribution >= 0.6 is 0 Å². The minimum atomic E-state index is 0.509. The van der Waals surface area contributed by atoms with E-state index in [0.29, 0.717) is 5.41 Å². The standard InChI is InChI=1S/C20H34N2.CH5N/c1-4-12-20(3,13-5-2)14-11-19-9-6-8-18(16-19)10-7-15-22-17-21;1-2/h6,8-9,16-17H,4-5,7,10-15H2,1-3H3,(H2,21,22);2H2,1H3. The molecule has 0 saturated heterocycles. The summed E-state index contributed by atoms with van der Waals surface area (Å²) < 4.78 is 0. The summed E-state index contributed by atoms with van der Waals surface area (Å²) in [7, 11) is 1.50. The monoisotopic (exact) mass is 333 g/mol. The van der Waals surface area contributed by atoms with Gasteiger partial charge in [0.1, 0.15) is 0 Å². The predicted molar refractivity (Wildman–Crippen MR) is 109 cm³/mol.